The third-order valence-corrected chi connectivity index (χ3v) is 3.94. The highest BCUT2D eigenvalue weighted by atomic mass is 35.5. The van der Waals surface area contributed by atoms with E-state index in [2.05, 4.69) is 11.9 Å². The van der Waals surface area contributed by atoms with Crippen molar-refractivity contribution in [2.24, 2.45) is 0 Å². The molecule has 1 N–H and O–H groups in total. The molecule has 0 aliphatic carbocycles. The van der Waals surface area contributed by atoms with E-state index in [1.165, 1.54) is 32.1 Å². The molecule has 0 saturated carbocycles. The summed E-state index contributed by atoms with van der Waals surface area (Å²) in [6.45, 7) is 5.53. The minimum atomic E-state index is 0. The van der Waals surface area contributed by atoms with Gasteiger partial charge in [-0.1, -0.05) is 12.5 Å². The zero-order valence-electron chi connectivity index (χ0n) is 11.8. The molecule has 2 atom stereocenters. The number of rotatable bonds is 6. The zero-order chi connectivity index (χ0) is 12.6. The molecule has 2 heterocycles. The first-order valence-electron chi connectivity index (χ1n) is 7.48. The Kier molecular flexibility index (Phi) is 8.71. The third kappa shape index (κ3) is 6.26. The van der Waals surface area contributed by atoms with Gasteiger partial charge in [0.1, 0.15) is 0 Å². The Balaban J connectivity index is 0.00000180. The van der Waals surface area contributed by atoms with Crippen LogP contribution in [0.2, 0.25) is 0 Å². The van der Waals surface area contributed by atoms with Gasteiger partial charge in [-0.15, -0.1) is 19.0 Å². The van der Waals surface area contributed by atoms with Gasteiger partial charge in [-0.05, 0) is 44.9 Å². The molecule has 3 nitrogen and oxygen atoms in total. The molecular weight excluding hydrogens is 262 g/mol. The molecule has 19 heavy (non-hydrogen) atoms. The summed E-state index contributed by atoms with van der Waals surface area (Å²) in [5.74, 6) is 0. The zero-order valence-corrected chi connectivity index (χ0v) is 12.6. The number of allylic oxidation sites excluding steroid dienone is 1. The minimum Gasteiger partial charge on any atom is -0.353 e. The first-order chi connectivity index (χ1) is 8.88. The summed E-state index contributed by atoms with van der Waals surface area (Å²) in [6, 6.07) is 1.35. The predicted molar refractivity (Wildman–Crippen MR) is 80.8 cm³/mol. The van der Waals surface area contributed by atoms with Crippen molar-refractivity contribution in [1.29, 1.82) is 0 Å². The van der Waals surface area contributed by atoms with Gasteiger partial charge in [0, 0.05) is 12.1 Å². The first-order valence-corrected chi connectivity index (χ1v) is 7.48. The van der Waals surface area contributed by atoms with E-state index in [4.69, 9.17) is 9.47 Å². The van der Waals surface area contributed by atoms with Crippen molar-refractivity contribution in [2.45, 2.75) is 69.7 Å². The van der Waals surface area contributed by atoms with E-state index in [1.54, 1.807) is 0 Å². The maximum Gasteiger partial charge on any atom is 0.157 e. The van der Waals surface area contributed by atoms with Crippen LogP contribution >= 0.6 is 12.4 Å². The second kappa shape index (κ2) is 9.76. The molecule has 112 valence electrons. The SMILES string of the molecule is C=CCCC1CCCC(CCC2OCCCO2)N1.Cl. The van der Waals surface area contributed by atoms with Crippen LogP contribution in [0.3, 0.4) is 0 Å². The lowest BCUT2D eigenvalue weighted by Crippen LogP contribution is -2.42. The van der Waals surface area contributed by atoms with Crippen LogP contribution < -0.4 is 5.32 Å². The largest absolute Gasteiger partial charge is 0.353 e. The fourth-order valence-corrected chi connectivity index (χ4v) is 2.93. The molecule has 4 heteroatoms. The average molecular weight is 290 g/mol. The van der Waals surface area contributed by atoms with Crippen LogP contribution in [0, 0.1) is 0 Å². The molecule has 0 amide bonds. The van der Waals surface area contributed by atoms with Crippen LogP contribution in [0.4, 0.5) is 0 Å². The molecule has 0 bridgehead atoms. The number of hydrogen-bond donors (Lipinski definition) is 1. The Morgan fingerprint density at radius 1 is 1.00 bits per heavy atom. The number of hydrogen-bond acceptors (Lipinski definition) is 3. The van der Waals surface area contributed by atoms with E-state index in [-0.39, 0.29) is 18.7 Å². The van der Waals surface area contributed by atoms with Crippen LogP contribution in [0.5, 0.6) is 0 Å². The van der Waals surface area contributed by atoms with E-state index in [0.717, 1.165) is 32.5 Å². The number of ether oxygens (including phenoxy) is 2. The molecule has 0 aromatic heterocycles. The van der Waals surface area contributed by atoms with Gasteiger partial charge in [0.2, 0.25) is 0 Å². The predicted octanol–water partition coefficient (Wildman–Crippen LogP) is 3.43. The quantitative estimate of drug-likeness (QED) is 0.760. The Hall–Kier alpha value is -0.0900. The molecular formula is C15H28ClNO2. The van der Waals surface area contributed by atoms with Gasteiger partial charge >= 0.3 is 0 Å². The Morgan fingerprint density at radius 3 is 2.37 bits per heavy atom. The third-order valence-electron chi connectivity index (χ3n) is 3.94. The highest BCUT2D eigenvalue weighted by molar-refractivity contribution is 5.85. The number of nitrogens with one attached hydrogen (secondary N) is 1. The highest BCUT2D eigenvalue weighted by Crippen LogP contribution is 2.21. The molecule has 2 fully saturated rings. The summed E-state index contributed by atoms with van der Waals surface area (Å²) in [7, 11) is 0. The van der Waals surface area contributed by atoms with Gasteiger partial charge in [-0.3, -0.25) is 0 Å². The lowest BCUT2D eigenvalue weighted by molar-refractivity contribution is -0.182. The second-order valence-corrected chi connectivity index (χ2v) is 5.46. The molecule has 0 aromatic rings. The van der Waals surface area contributed by atoms with Crippen LogP contribution in [-0.4, -0.2) is 31.6 Å². The van der Waals surface area contributed by atoms with Crippen molar-refractivity contribution in [3.05, 3.63) is 12.7 Å². The fraction of sp³-hybridized carbons (Fsp3) is 0.867. The van der Waals surface area contributed by atoms with Gasteiger partial charge in [-0.25, -0.2) is 0 Å². The van der Waals surface area contributed by atoms with E-state index in [1.807, 2.05) is 6.08 Å². The van der Waals surface area contributed by atoms with Crippen LogP contribution in [0.1, 0.15) is 51.4 Å². The lowest BCUT2D eigenvalue weighted by atomic mass is 9.93. The Labute approximate surface area is 123 Å². The summed E-state index contributed by atoms with van der Waals surface area (Å²) >= 11 is 0. The maximum atomic E-state index is 5.60. The van der Waals surface area contributed by atoms with Crippen LogP contribution in [0.25, 0.3) is 0 Å². The smallest absolute Gasteiger partial charge is 0.157 e. The highest BCUT2D eigenvalue weighted by Gasteiger charge is 2.22. The second-order valence-electron chi connectivity index (χ2n) is 5.46. The van der Waals surface area contributed by atoms with Gasteiger partial charge in [0.25, 0.3) is 0 Å². The molecule has 0 spiro atoms. The van der Waals surface area contributed by atoms with Crippen molar-refractivity contribution in [3.8, 4) is 0 Å². The molecule has 0 aromatic carbocycles. The average Bonchev–Trinajstić information content (AvgIpc) is 2.44. The lowest BCUT2D eigenvalue weighted by Gasteiger charge is -2.32. The topological polar surface area (TPSA) is 30.5 Å². The standard InChI is InChI=1S/C15H27NO2.ClH/c1-2-3-6-13-7-4-8-14(16-13)9-10-15-17-11-5-12-18-15;/h2,13-16H,1,3-12H2;1H. The van der Waals surface area contributed by atoms with E-state index in [0.29, 0.717) is 12.1 Å². The monoisotopic (exact) mass is 289 g/mol. The van der Waals surface area contributed by atoms with Gasteiger partial charge in [0.15, 0.2) is 6.29 Å². The molecule has 2 aliphatic heterocycles. The van der Waals surface area contributed by atoms with E-state index < -0.39 is 0 Å². The molecule has 2 aliphatic rings. The molecule has 2 rings (SSSR count). The van der Waals surface area contributed by atoms with E-state index >= 15 is 0 Å². The summed E-state index contributed by atoms with van der Waals surface area (Å²) in [5.41, 5.74) is 0. The molecule has 2 saturated heterocycles. The molecule has 0 radical (unpaired) electrons. The van der Waals surface area contributed by atoms with E-state index in [9.17, 15) is 0 Å². The van der Waals surface area contributed by atoms with Crippen molar-refractivity contribution in [2.75, 3.05) is 13.2 Å². The Bertz CT molecular complexity index is 244. The van der Waals surface area contributed by atoms with Gasteiger partial charge in [0.05, 0.1) is 13.2 Å². The van der Waals surface area contributed by atoms with Gasteiger partial charge < -0.3 is 14.8 Å². The Morgan fingerprint density at radius 2 is 1.68 bits per heavy atom. The summed E-state index contributed by atoms with van der Waals surface area (Å²) in [4.78, 5) is 0. The first kappa shape index (κ1) is 17.0. The minimum absolute atomic E-state index is 0. The van der Waals surface area contributed by atoms with Crippen molar-refractivity contribution in [3.63, 3.8) is 0 Å². The summed E-state index contributed by atoms with van der Waals surface area (Å²) < 4.78 is 11.2. The number of halogens is 1. The van der Waals surface area contributed by atoms with Crippen LogP contribution in [0.15, 0.2) is 12.7 Å². The maximum absolute atomic E-state index is 5.60. The number of piperidine rings is 1. The van der Waals surface area contributed by atoms with Crippen LogP contribution in [-0.2, 0) is 9.47 Å². The van der Waals surface area contributed by atoms with Crippen molar-refractivity contribution < 1.29 is 9.47 Å². The summed E-state index contributed by atoms with van der Waals surface area (Å²) in [6.07, 6.45) is 11.7. The summed E-state index contributed by atoms with van der Waals surface area (Å²) in [5, 5.41) is 3.77. The van der Waals surface area contributed by atoms with Gasteiger partial charge in [-0.2, -0.15) is 0 Å². The fourth-order valence-electron chi connectivity index (χ4n) is 2.93. The van der Waals surface area contributed by atoms with Crippen molar-refractivity contribution >= 4 is 12.4 Å². The normalized spacial score (nSPS) is 28.6. The molecule has 2 unspecified atom stereocenters. The van der Waals surface area contributed by atoms with Crippen molar-refractivity contribution in [1.82, 2.24) is 5.32 Å².